The first-order chi connectivity index (χ1) is 15.0. The van der Waals surface area contributed by atoms with Gasteiger partial charge < -0.3 is 19.3 Å². The Kier molecular flexibility index (Phi) is 5.86. The number of benzene rings is 1. The lowest BCUT2D eigenvalue weighted by Crippen LogP contribution is -3.12. The second kappa shape index (κ2) is 8.73. The first-order valence-corrected chi connectivity index (χ1v) is 10.6. The van der Waals surface area contributed by atoms with Crippen molar-refractivity contribution in [2.75, 3.05) is 26.2 Å². The molecule has 2 N–H and O–H groups in total. The number of likely N-dealkylation sites (N-methyl/N-ethyl adjacent to an activating group) is 1. The summed E-state index contributed by atoms with van der Waals surface area (Å²) in [4.78, 5) is 33.5. The van der Waals surface area contributed by atoms with Crippen LogP contribution >= 0.6 is 0 Å². The van der Waals surface area contributed by atoms with Crippen molar-refractivity contribution in [1.82, 2.24) is 9.88 Å². The van der Waals surface area contributed by atoms with Gasteiger partial charge in [0.2, 0.25) is 5.78 Å². The summed E-state index contributed by atoms with van der Waals surface area (Å²) in [5.41, 5.74) is 1.29. The molecule has 7 heteroatoms. The van der Waals surface area contributed by atoms with Crippen molar-refractivity contribution in [2.24, 2.45) is 0 Å². The predicted molar refractivity (Wildman–Crippen MR) is 116 cm³/mol. The van der Waals surface area contributed by atoms with E-state index in [1.807, 2.05) is 24.3 Å². The highest BCUT2D eigenvalue weighted by Crippen LogP contribution is 2.39. The third-order valence-corrected chi connectivity index (χ3v) is 5.90. The third kappa shape index (κ3) is 3.84. The molecule has 0 fully saturated rings. The number of para-hydroxylation sites is 1. The van der Waals surface area contributed by atoms with Crippen LogP contribution in [0.5, 0.6) is 0 Å². The van der Waals surface area contributed by atoms with Gasteiger partial charge in [0.25, 0.3) is 5.91 Å². The highest BCUT2D eigenvalue weighted by molar-refractivity contribution is 6.15. The Morgan fingerprint density at radius 3 is 2.65 bits per heavy atom. The number of amides is 1. The van der Waals surface area contributed by atoms with Crippen molar-refractivity contribution < 1.29 is 24.0 Å². The fourth-order valence-corrected chi connectivity index (χ4v) is 4.11. The maximum Gasteiger partial charge on any atom is 0.290 e. The average Bonchev–Trinajstić information content (AvgIpc) is 3.34. The maximum absolute atomic E-state index is 13.4. The Labute approximate surface area is 180 Å². The fourth-order valence-electron chi connectivity index (χ4n) is 4.11. The summed E-state index contributed by atoms with van der Waals surface area (Å²) >= 11 is 0. The van der Waals surface area contributed by atoms with Gasteiger partial charge in [-0.25, -0.2) is 0 Å². The number of ketones is 1. The molecule has 7 nitrogen and oxygen atoms in total. The molecule has 1 amide bonds. The van der Waals surface area contributed by atoms with Gasteiger partial charge in [0, 0.05) is 17.8 Å². The van der Waals surface area contributed by atoms with Crippen LogP contribution in [0.4, 0.5) is 0 Å². The van der Waals surface area contributed by atoms with Crippen LogP contribution in [-0.2, 0) is 4.79 Å². The second-order valence-corrected chi connectivity index (χ2v) is 7.63. The standard InChI is InChI=1S/C24H25N3O4/c1-3-26(4-2)12-13-27-21(17-9-7-11-25-15-17)20(23(29)24(27)30)22(28)19-14-16-8-5-6-10-18(16)31-19/h5-11,14-15,21,29H,3-4,12-13H2,1-2H3/p+1/t21-/m0/s1. The number of hydrogen-bond acceptors (Lipinski definition) is 5. The van der Waals surface area contributed by atoms with Gasteiger partial charge in [0.15, 0.2) is 11.5 Å². The summed E-state index contributed by atoms with van der Waals surface area (Å²) in [5.74, 6) is -1.46. The number of quaternary nitrogens is 1. The minimum atomic E-state index is -0.711. The number of aliphatic hydroxyl groups excluding tert-OH is 1. The number of nitrogens with zero attached hydrogens (tertiary/aromatic N) is 2. The lowest BCUT2D eigenvalue weighted by Gasteiger charge is -2.27. The zero-order chi connectivity index (χ0) is 22.0. The molecule has 0 saturated heterocycles. The SMILES string of the molecule is CC[NH+](CC)CCN1C(=O)C(O)=C(C(=O)c2cc3ccccc3o2)[C@@H]1c1cccnc1. The van der Waals surface area contributed by atoms with E-state index in [0.717, 1.165) is 25.0 Å². The Bertz CT molecular complexity index is 1100. The van der Waals surface area contributed by atoms with Crippen LogP contribution in [0, 0.1) is 0 Å². The van der Waals surface area contributed by atoms with Gasteiger partial charge in [-0.1, -0.05) is 24.3 Å². The number of aromatic nitrogens is 1. The molecule has 3 aromatic rings. The highest BCUT2D eigenvalue weighted by Gasteiger charge is 2.44. The first-order valence-electron chi connectivity index (χ1n) is 10.6. The molecule has 1 atom stereocenters. The monoisotopic (exact) mass is 420 g/mol. The Morgan fingerprint density at radius 1 is 1.19 bits per heavy atom. The van der Waals surface area contributed by atoms with E-state index in [-0.39, 0.29) is 11.3 Å². The molecule has 1 aromatic carbocycles. The van der Waals surface area contributed by atoms with E-state index in [1.54, 1.807) is 35.5 Å². The zero-order valence-electron chi connectivity index (χ0n) is 17.7. The summed E-state index contributed by atoms with van der Waals surface area (Å²) in [6.45, 7) is 7.18. The van der Waals surface area contributed by atoms with Crippen molar-refractivity contribution in [3.63, 3.8) is 0 Å². The van der Waals surface area contributed by atoms with Gasteiger partial charge >= 0.3 is 0 Å². The van der Waals surface area contributed by atoms with Gasteiger partial charge in [0.1, 0.15) is 5.58 Å². The number of aliphatic hydroxyl groups is 1. The number of fused-ring (bicyclic) bond motifs is 1. The Morgan fingerprint density at radius 2 is 1.97 bits per heavy atom. The highest BCUT2D eigenvalue weighted by atomic mass is 16.3. The normalized spacial score (nSPS) is 16.7. The molecule has 3 heterocycles. The summed E-state index contributed by atoms with van der Waals surface area (Å²) in [5, 5.41) is 11.5. The van der Waals surface area contributed by atoms with Crippen LogP contribution in [0.15, 0.2) is 70.6 Å². The molecule has 0 saturated carbocycles. The van der Waals surface area contributed by atoms with Crippen molar-refractivity contribution in [2.45, 2.75) is 19.9 Å². The minimum absolute atomic E-state index is 0.0339. The van der Waals surface area contributed by atoms with Crippen molar-refractivity contribution in [1.29, 1.82) is 0 Å². The lowest BCUT2D eigenvalue weighted by molar-refractivity contribution is -0.895. The second-order valence-electron chi connectivity index (χ2n) is 7.63. The number of Topliss-reactive ketones (excluding diaryl/α,β-unsaturated/α-hetero) is 1. The summed E-state index contributed by atoms with van der Waals surface area (Å²) in [7, 11) is 0. The van der Waals surface area contributed by atoms with E-state index in [9.17, 15) is 14.7 Å². The van der Waals surface area contributed by atoms with Crippen molar-refractivity contribution in [3.05, 3.63) is 77.5 Å². The largest absolute Gasteiger partial charge is 0.503 e. The van der Waals surface area contributed by atoms with Crippen molar-refractivity contribution in [3.8, 4) is 0 Å². The van der Waals surface area contributed by atoms with Crippen LogP contribution in [-0.4, -0.2) is 52.9 Å². The first kappa shape index (κ1) is 20.8. The summed E-state index contributed by atoms with van der Waals surface area (Å²) in [6, 6.07) is 11.8. The van der Waals surface area contributed by atoms with E-state index >= 15 is 0 Å². The molecule has 31 heavy (non-hydrogen) atoms. The molecular formula is C24H26N3O4+. The average molecular weight is 420 g/mol. The van der Waals surface area contributed by atoms with Gasteiger partial charge in [-0.3, -0.25) is 14.6 Å². The predicted octanol–water partition coefficient (Wildman–Crippen LogP) is 2.33. The molecule has 4 rings (SSSR count). The van der Waals surface area contributed by atoms with E-state index in [2.05, 4.69) is 18.8 Å². The Hall–Kier alpha value is -3.45. The minimum Gasteiger partial charge on any atom is -0.503 e. The number of carbonyl (C=O) groups excluding carboxylic acids is 2. The third-order valence-electron chi connectivity index (χ3n) is 5.90. The van der Waals surface area contributed by atoms with Crippen LogP contribution in [0.3, 0.4) is 0 Å². The molecule has 2 aromatic heterocycles. The summed E-state index contributed by atoms with van der Waals surface area (Å²) < 4.78 is 5.73. The maximum atomic E-state index is 13.4. The summed E-state index contributed by atoms with van der Waals surface area (Å²) in [6.07, 6.45) is 3.26. The van der Waals surface area contributed by atoms with E-state index in [4.69, 9.17) is 4.42 Å². The number of hydrogen-bond donors (Lipinski definition) is 2. The van der Waals surface area contributed by atoms with Crippen LogP contribution in [0.25, 0.3) is 11.0 Å². The lowest BCUT2D eigenvalue weighted by atomic mass is 9.96. The van der Waals surface area contributed by atoms with Crippen LogP contribution in [0.2, 0.25) is 0 Å². The molecular weight excluding hydrogens is 394 g/mol. The smallest absolute Gasteiger partial charge is 0.290 e. The van der Waals surface area contributed by atoms with Gasteiger partial charge in [0.05, 0.1) is 37.8 Å². The van der Waals surface area contributed by atoms with Gasteiger partial charge in [-0.2, -0.15) is 0 Å². The zero-order valence-corrected chi connectivity index (χ0v) is 17.7. The molecule has 0 spiro atoms. The van der Waals surface area contributed by atoms with Gasteiger partial charge in [-0.05, 0) is 37.6 Å². The fraction of sp³-hybridized carbons (Fsp3) is 0.292. The molecule has 0 unspecified atom stereocenters. The topological polar surface area (TPSA) is 88.1 Å². The number of nitrogens with one attached hydrogen (secondary N) is 1. The van der Waals surface area contributed by atoms with Crippen LogP contribution < -0.4 is 4.90 Å². The molecule has 0 aliphatic carbocycles. The Balaban J connectivity index is 1.73. The molecule has 1 aliphatic rings. The number of pyridine rings is 1. The van der Waals surface area contributed by atoms with Crippen molar-refractivity contribution >= 4 is 22.7 Å². The molecule has 1 aliphatic heterocycles. The number of carbonyl (C=O) groups is 2. The number of rotatable bonds is 8. The molecule has 0 radical (unpaired) electrons. The number of furan rings is 1. The molecule has 160 valence electrons. The quantitative estimate of drug-likeness (QED) is 0.546. The van der Waals surface area contributed by atoms with E-state index < -0.39 is 23.5 Å². The molecule has 0 bridgehead atoms. The van der Waals surface area contributed by atoms with E-state index in [1.165, 1.54) is 4.90 Å². The van der Waals surface area contributed by atoms with E-state index in [0.29, 0.717) is 17.7 Å². The van der Waals surface area contributed by atoms with Gasteiger partial charge in [-0.15, -0.1) is 0 Å². The van der Waals surface area contributed by atoms with Crippen LogP contribution in [0.1, 0.15) is 36.0 Å².